The number of carbonyl (C=O) groups is 1. The molecular formula is C20H28O7S2. The molecule has 1 aromatic carbocycles. The maximum absolute atomic E-state index is 13.7. The van der Waals surface area contributed by atoms with E-state index >= 15 is 0 Å². The summed E-state index contributed by atoms with van der Waals surface area (Å²) >= 11 is 0. The first kappa shape index (κ1) is 22.2. The van der Waals surface area contributed by atoms with Gasteiger partial charge in [-0.25, -0.2) is 16.8 Å². The summed E-state index contributed by atoms with van der Waals surface area (Å²) in [5.74, 6) is -0.159. The molecule has 2 heterocycles. The van der Waals surface area contributed by atoms with Crippen LogP contribution in [0.2, 0.25) is 0 Å². The highest BCUT2D eigenvalue weighted by atomic mass is 32.2. The van der Waals surface area contributed by atoms with Gasteiger partial charge in [0.2, 0.25) is 0 Å². The average Bonchev–Trinajstić information content (AvgIpc) is 2.66. The highest BCUT2D eigenvalue weighted by molar-refractivity contribution is 7.90. The van der Waals surface area contributed by atoms with Gasteiger partial charge in [0.05, 0.1) is 22.5 Å². The van der Waals surface area contributed by atoms with Gasteiger partial charge >= 0.3 is 0 Å². The van der Waals surface area contributed by atoms with Crippen molar-refractivity contribution in [2.45, 2.75) is 31.8 Å². The first-order chi connectivity index (χ1) is 13.5. The molecule has 3 rings (SSSR count). The number of sulfone groups is 2. The van der Waals surface area contributed by atoms with Gasteiger partial charge in [0.15, 0.2) is 5.78 Å². The molecule has 0 radical (unpaired) electrons. The minimum Gasteiger partial charge on any atom is -0.488 e. The van der Waals surface area contributed by atoms with E-state index in [-0.39, 0.29) is 36.0 Å². The van der Waals surface area contributed by atoms with Gasteiger partial charge in [0.1, 0.15) is 31.5 Å². The van der Waals surface area contributed by atoms with Gasteiger partial charge in [-0.1, -0.05) is 12.1 Å². The number of benzene rings is 1. The third-order valence-corrected chi connectivity index (χ3v) is 7.81. The van der Waals surface area contributed by atoms with Crippen LogP contribution in [0.25, 0.3) is 0 Å². The molecule has 0 saturated carbocycles. The Hall–Kier alpha value is -1.45. The highest BCUT2D eigenvalue weighted by Gasteiger charge is 2.54. The van der Waals surface area contributed by atoms with E-state index in [1.165, 1.54) is 0 Å². The Labute approximate surface area is 172 Å². The zero-order valence-corrected chi connectivity index (χ0v) is 18.4. The lowest BCUT2D eigenvalue weighted by atomic mass is 9.65. The predicted molar refractivity (Wildman–Crippen MR) is 110 cm³/mol. The molecule has 162 valence electrons. The Kier molecular flexibility index (Phi) is 6.41. The quantitative estimate of drug-likeness (QED) is 0.633. The third-order valence-electron chi connectivity index (χ3n) is 5.91. The van der Waals surface area contributed by atoms with Crippen molar-refractivity contribution in [1.29, 1.82) is 0 Å². The van der Waals surface area contributed by atoms with Gasteiger partial charge in [-0.2, -0.15) is 0 Å². The van der Waals surface area contributed by atoms with E-state index in [1.807, 2.05) is 0 Å². The monoisotopic (exact) mass is 444 g/mol. The number of hydrogen-bond acceptors (Lipinski definition) is 7. The van der Waals surface area contributed by atoms with Gasteiger partial charge in [0, 0.05) is 31.6 Å². The molecule has 7 nitrogen and oxygen atoms in total. The van der Waals surface area contributed by atoms with Crippen LogP contribution in [0.4, 0.5) is 0 Å². The standard InChI is InChI=1S/C20H28O7S2/c1-28(22,23)13-9-20(10-14-29(2,24)25)18(21)16-5-3-4-6-17(16)27-19(20)15-7-11-26-12-8-15/h3-6,15,19H,7-14H2,1-2H3. The van der Waals surface area contributed by atoms with Gasteiger partial charge in [-0.15, -0.1) is 0 Å². The second kappa shape index (κ2) is 8.35. The van der Waals surface area contributed by atoms with Gasteiger partial charge < -0.3 is 9.47 Å². The molecule has 0 aromatic heterocycles. The van der Waals surface area contributed by atoms with E-state index in [1.54, 1.807) is 24.3 Å². The van der Waals surface area contributed by atoms with Gasteiger partial charge in [-0.05, 0) is 37.8 Å². The van der Waals surface area contributed by atoms with E-state index in [2.05, 4.69) is 0 Å². The predicted octanol–water partition coefficient (Wildman–Crippen LogP) is 1.91. The molecule has 29 heavy (non-hydrogen) atoms. The topological polar surface area (TPSA) is 104 Å². The number of carbonyl (C=O) groups excluding carboxylic acids is 1. The van der Waals surface area contributed by atoms with E-state index in [4.69, 9.17) is 9.47 Å². The van der Waals surface area contributed by atoms with Crippen molar-refractivity contribution in [2.24, 2.45) is 11.3 Å². The van der Waals surface area contributed by atoms with Crippen molar-refractivity contribution < 1.29 is 31.1 Å². The van der Waals surface area contributed by atoms with Crippen molar-refractivity contribution in [3.8, 4) is 5.75 Å². The summed E-state index contributed by atoms with van der Waals surface area (Å²) in [6, 6.07) is 6.91. The van der Waals surface area contributed by atoms with E-state index in [0.717, 1.165) is 12.5 Å². The first-order valence-electron chi connectivity index (χ1n) is 9.75. The lowest BCUT2D eigenvalue weighted by molar-refractivity contribution is -0.0426. The maximum Gasteiger partial charge on any atom is 0.176 e. The van der Waals surface area contributed by atoms with E-state index < -0.39 is 31.2 Å². The number of hydrogen-bond donors (Lipinski definition) is 0. The molecule has 1 fully saturated rings. The van der Waals surface area contributed by atoms with Crippen molar-refractivity contribution in [2.75, 3.05) is 37.2 Å². The van der Waals surface area contributed by atoms with E-state index in [0.29, 0.717) is 37.4 Å². The number of para-hydroxylation sites is 1. The molecule has 1 atom stereocenters. The number of ketones is 1. The van der Waals surface area contributed by atoms with Crippen molar-refractivity contribution in [1.82, 2.24) is 0 Å². The fourth-order valence-corrected chi connectivity index (χ4v) is 5.81. The highest BCUT2D eigenvalue weighted by Crippen LogP contribution is 2.48. The Bertz CT molecular complexity index is 924. The number of Topliss-reactive ketones (excluding diaryl/α,β-unsaturated/α-hetero) is 1. The normalized spacial score (nSPS) is 22.7. The smallest absolute Gasteiger partial charge is 0.176 e. The zero-order valence-electron chi connectivity index (χ0n) is 16.8. The number of ether oxygens (including phenoxy) is 2. The Morgan fingerprint density at radius 2 is 1.52 bits per heavy atom. The fraction of sp³-hybridized carbons (Fsp3) is 0.650. The van der Waals surface area contributed by atoms with Crippen molar-refractivity contribution in [3.63, 3.8) is 0 Å². The molecule has 1 unspecified atom stereocenters. The first-order valence-corrected chi connectivity index (χ1v) is 13.9. The van der Waals surface area contributed by atoms with E-state index in [9.17, 15) is 21.6 Å². The summed E-state index contributed by atoms with van der Waals surface area (Å²) in [6.45, 7) is 1.07. The van der Waals surface area contributed by atoms with Crippen LogP contribution in [0.1, 0.15) is 36.0 Å². The summed E-state index contributed by atoms with van der Waals surface area (Å²) in [7, 11) is -6.70. The summed E-state index contributed by atoms with van der Waals surface area (Å²) in [6.07, 6.45) is 3.11. The maximum atomic E-state index is 13.7. The summed E-state index contributed by atoms with van der Waals surface area (Å²) in [5.41, 5.74) is -0.819. The molecule has 0 N–H and O–H groups in total. The van der Waals surface area contributed by atoms with Crippen LogP contribution in [0.15, 0.2) is 24.3 Å². The summed E-state index contributed by atoms with van der Waals surface area (Å²) in [5, 5.41) is 0. The number of fused-ring (bicyclic) bond motifs is 1. The molecule has 0 bridgehead atoms. The molecule has 2 aliphatic rings. The molecule has 0 spiro atoms. The van der Waals surface area contributed by atoms with Crippen LogP contribution >= 0.6 is 0 Å². The molecule has 0 amide bonds. The SMILES string of the molecule is CS(=O)(=O)CCC1(CCS(C)(=O)=O)C(=O)c2ccccc2OC1C1CCOCC1. The average molecular weight is 445 g/mol. The summed E-state index contributed by atoms with van der Waals surface area (Å²) < 4.78 is 59.6. The minimum absolute atomic E-state index is 0.0137. The Balaban J connectivity index is 2.09. The minimum atomic E-state index is -3.35. The van der Waals surface area contributed by atoms with Crippen LogP contribution < -0.4 is 4.74 Å². The molecular weight excluding hydrogens is 416 g/mol. The molecule has 1 aromatic rings. The van der Waals surface area contributed by atoms with Gasteiger partial charge in [-0.3, -0.25) is 4.79 Å². The van der Waals surface area contributed by atoms with Crippen LogP contribution in [0.3, 0.4) is 0 Å². The lowest BCUT2D eigenvalue weighted by Crippen LogP contribution is -2.55. The summed E-state index contributed by atoms with van der Waals surface area (Å²) in [4.78, 5) is 13.7. The van der Waals surface area contributed by atoms with Crippen LogP contribution in [-0.2, 0) is 24.4 Å². The molecule has 9 heteroatoms. The zero-order chi connectivity index (χ0) is 21.3. The van der Waals surface area contributed by atoms with Gasteiger partial charge in [0.25, 0.3) is 0 Å². The largest absolute Gasteiger partial charge is 0.488 e. The molecule has 1 saturated heterocycles. The Morgan fingerprint density at radius 1 is 0.966 bits per heavy atom. The van der Waals surface area contributed by atoms with Crippen molar-refractivity contribution in [3.05, 3.63) is 29.8 Å². The van der Waals surface area contributed by atoms with Crippen LogP contribution in [0.5, 0.6) is 5.75 Å². The molecule has 2 aliphatic heterocycles. The Morgan fingerprint density at radius 3 is 2.07 bits per heavy atom. The lowest BCUT2D eigenvalue weighted by Gasteiger charge is -2.47. The van der Waals surface area contributed by atoms with Crippen LogP contribution in [0, 0.1) is 11.3 Å². The third kappa shape index (κ3) is 5.19. The molecule has 0 aliphatic carbocycles. The second-order valence-electron chi connectivity index (χ2n) is 8.23. The number of rotatable bonds is 7. The van der Waals surface area contributed by atoms with Crippen molar-refractivity contribution >= 4 is 25.5 Å². The van der Waals surface area contributed by atoms with Crippen LogP contribution in [-0.4, -0.2) is 66.0 Å². The second-order valence-corrected chi connectivity index (χ2v) is 12.7. The fourth-order valence-electron chi connectivity index (χ4n) is 4.34.